The molecule has 0 aromatic heterocycles. The Morgan fingerprint density at radius 2 is 1.76 bits per heavy atom. The summed E-state index contributed by atoms with van der Waals surface area (Å²) < 4.78 is 31.7. The maximum absolute atomic E-state index is 11.1. The van der Waals surface area contributed by atoms with Crippen molar-refractivity contribution in [3.8, 4) is 0 Å². The van der Waals surface area contributed by atoms with Crippen LogP contribution in [0.15, 0.2) is 39.3 Å². The Morgan fingerprint density at radius 3 is 2.16 bits per heavy atom. The average Bonchev–Trinajstić information content (AvgIpc) is 3.35. The first-order chi connectivity index (χ1) is 16.6. The summed E-state index contributed by atoms with van der Waals surface area (Å²) in [6, 6.07) is 6.50. The second kappa shape index (κ2) is 26.7. The van der Waals surface area contributed by atoms with Crippen molar-refractivity contribution in [3.63, 3.8) is 0 Å². The van der Waals surface area contributed by atoms with Crippen molar-refractivity contribution in [1.82, 2.24) is 4.90 Å². The minimum atomic E-state index is -3.51. The molecule has 1 aliphatic rings. The molecular formula is C22H39N8NaO5S. The summed E-state index contributed by atoms with van der Waals surface area (Å²) in [5, 5.41) is 3.34. The number of nitrogens with zero attached hydrogens (tertiary/aromatic N) is 8. The maximum atomic E-state index is 11.1. The van der Waals surface area contributed by atoms with Crippen molar-refractivity contribution in [2.45, 2.75) is 58.8 Å². The summed E-state index contributed by atoms with van der Waals surface area (Å²) in [7, 11) is -0.654. The van der Waals surface area contributed by atoms with Crippen molar-refractivity contribution in [1.29, 1.82) is 0 Å². The zero-order chi connectivity index (χ0) is 27.1. The van der Waals surface area contributed by atoms with Crippen molar-refractivity contribution >= 4 is 21.9 Å². The van der Waals surface area contributed by atoms with Crippen LogP contribution in [-0.2, 0) is 23.8 Å². The number of amides is 1. The standard InChI is InChI=1S/C8H10O3S.C7H14N4O.C6H11NO.CH4.N3.Na/c1-7-3-5-8(6-4-7)12(9,10)11-2;1-3-4-7(12)11(2)6-5-9-10-8;1-2-3-6-7-4-5-8-6;;1-3-2;/h3-6H,1-2H3;3-6H2,1-2H3;2-5H2,1H3;1H4;;/q;;;;-1;+1. The van der Waals surface area contributed by atoms with Gasteiger partial charge in [0.15, 0.2) is 5.90 Å². The first-order valence-corrected chi connectivity index (χ1v) is 12.3. The molecule has 0 saturated carbocycles. The first kappa shape index (κ1) is 41.8. The van der Waals surface area contributed by atoms with E-state index >= 15 is 0 Å². The number of aliphatic imine (C=N–C) groups is 1. The molecule has 0 N–H and O–H groups in total. The maximum Gasteiger partial charge on any atom is 1.00 e. The minimum absolute atomic E-state index is 0. The molecule has 2 rings (SSSR count). The van der Waals surface area contributed by atoms with Gasteiger partial charge in [-0.15, -0.1) is 0 Å². The van der Waals surface area contributed by atoms with Crippen molar-refractivity contribution in [2.24, 2.45) is 10.1 Å². The van der Waals surface area contributed by atoms with Gasteiger partial charge in [-0.3, -0.25) is 18.9 Å². The molecule has 0 aliphatic carbocycles. The number of hydrogen-bond acceptors (Lipinski definition) is 7. The number of carbonyl (C=O) groups is 1. The van der Waals surface area contributed by atoms with E-state index in [1.165, 1.54) is 17.0 Å². The predicted molar refractivity (Wildman–Crippen MR) is 142 cm³/mol. The summed E-state index contributed by atoms with van der Waals surface area (Å²) >= 11 is 0. The number of hydrogen-bond donors (Lipinski definition) is 0. The quantitative estimate of drug-likeness (QED) is 0.150. The number of rotatable bonds is 9. The van der Waals surface area contributed by atoms with E-state index in [2.05, 4.69) is 26.1 Å². The third kappa shape index (κ3) is 22.6. The Hall–Kier alpha value is -2.31. The van der Waals surface area contributed by atoms with Gasteiger partial charge in [-0.2, -0.15) is 8.42 Å². The van der Waals surface area contributed by atoms with E-state index in [1.807, 2.05) is 13.8 Å². The summed E-state index contributed by atoms with van der Waals surface area (Å²) in [5.74, 6) is 1.05. The van der Waals surface area contributed by atoms with Gasteiger partial charge >= 0.3 is 29.6 Å². The molecule has 1 heterocycles. The van der Waals surface area contributed by atoms with Gasteiger partial charge in [0.2, 0.25) is 5.91 Å². The molecule has 1 amide bonds. The SMILES string of the molecule is C.CCCC(=O)N(C)CCN=[N+]=[N-].CCCC1=NCCO1.COS(=O)(=O)c1ccc(C)cc1.[N-]=[N+]=[N-].[Na+]. The zero-order valence-corrected chi connectivity index (χ0v) is 24.8. The van der Waals surface area contributed by atoms with E-state index in [9.17, 15) is 13.2 Å². The van der Waals surface area contributed by atoms with Crippen LogP contribution in [0.4, 0.5) is 0 Å². The van der Waals surface area contributed by atoms with Gasteiger partial charge in [0, 0.05) is 37.9 Å². The molecule has 37 heavy (non-hydrogen) atoms. The molecule has 0 spiro atoms. The molecule has 0 radical (unpaired) electrons. The van der Waals surface area contributed by atoms with Gasteiger partial charge in [0.05, 0.1) is 18.6 Å². The molecule has 204 valence electrons. The van der Waals surface area contributed by atoms with Crippen LogP contribution >= 0.6 is 0 Å². The Morgan fingerprint density at radius 1 is 1.19 bits per heavy atom. The Kier molecular flexibility index (Phi) is 30.2. The fraction of sp³-hybridized carbons (Fsp3) is 0.636. The molecule has 15 heteroatoms. The second-order valence-corrected chi connectivity index (χ2v) is 8.63. The summed E-state index contributed by atoms with van der Waals surface area (Å²) in [5.41, 5.74) is 22.5. The Balaban J connectivity index is -0.000000207. The molecule has 0 fully saturated rings. The van der Waals surface area contributed by atoms with E-state index in [1.54, 1.807) is 24.1 Å². The summed E-state index contributed by atoms with van der Waals surface area (Å²) in [6.07, 6.45) is 3.57. The molecule has 13 nitrogen and oxygen atoms in total. The van der Waals surface area contributed by atoms with Crippen molar-refractivity contribution in [3.05, 3.63) is 56.2 Å². The van der Waals surface area contributed by atoms with Crippen LogP contribution < -0.4 is 29.6 Å². The van der Waals surface area contributed by atoms with Gasteiger partial charge in [-0.25, -0.2) is 0 Å². The predicted octanol–water partition coefficient (Wildman–Crippen LogP) is 2.61. The molecule has 0 bridgehead atoms. The topological polar surface area (TPSA) is 193 Å². The van der Waals surface area contributed by atoms with Crippen LogP contribution in [0.3, 0.4) is 0 Å². The number of azide groups is 1. The molecule has 0 saturated heterocycles. The van der Waals surface area contributed by atoms with Crippen molar-refractivity contribution < 1.29 is 51.7 Å². The van der Waals surface area contributed by atoms with Crippen molar-refractivity contribution in [2.75, 3.05) is 40.4 Å². The van der Waals surface area contributed by atoms with Gasteiger partial charge < -0.3 is 20.7 Å². The zero-order valence-electron chi connectivity index (χ0n) is 22.0. The van der Waals surface area contributed by atoms with E-state index in [4.69, 9.17) is 21.3 Å². The third-order valence-electron chi connectivity index (χ3n) is 4.13. The fourth-order valence-corrected chi connectivity index (χ4v) is 2.98. The number of benzene rings is 1. The van der Waals surface area contributed by atoms with E-state index < -0.39 is 10.1 Å². The van der Waals surface area contributed by atoms with Crippen LogP contribution in [0.25, 0.3) is 26.4 Å². The Labute approximate surface area is 243 Å². The van der Waals surface area contributed by atoms with Gasteiger partial charge in [0.1, 0.15) is 6.61 Å². The average molecular weight is 551 g/mol. The molecule has 1 aromatic carbocycles. The van der Waals surface area contributed by atoms with E-state index in [0.717, 1.165) is 51.0 Å². The number of aryl methyl sites for hydroxylation is 1. The molecular weight excluding hydrogens is 511 g/mol. The second-order valence-electron chi connectivity index (χ2n) is 6.92. The number of carbonyl (C=O) groups excluding carboxylic acids is 1. The largest absolute Gasteiger partial charge is 1.00 e. The van der Waals surface area contributed by atoms with Crippen LogP contribution in [0, 0.1) is 6.92 Å². The van der Waals surface area contributed by atoms with Gasteiger partial charge in [-0.1, -0.05) is 44.1 Å². The van der Waals surface area contributed by atoms with Crippen LogP contribution in [0.1, 0.15) is 52.5 Å². The molecule has 1 aliphatic heterocycles. The Bertz CT molecular complexity index is 946. The third-order valence-corrected chi connectivity index (χ3v) is 5.42. The van der Waals surface area contributed by atoms with Crippen LogP contribution in [-0.4, -0.2) is 65.5 Å². The normalized spacial score (nSPS) is 10.7. The summed E-state index contributed by atoms with van der Waals surface area (Å²) in [6.45, 7) is 8.50. The monoisotopic (exact) mass is 550 g/mol. The number of ether oxygens (including phenoxy) is 1. The van der Waals surface area contributed by atoms with Crippen LogP contribution in [0.5, 0.6) is 0 Å². The van der Waals surface area contributed by atoms with Gasteiger partial charge in [0.25, 0.3) is 10.1 Å². The first-order valence-electron chi connectivity index (χ1n) is 10.9. The smallest absolute Gasteiger partial charge is 0.479 e. The summed E-state index contributed by atoms with van der Waals surface area (Å²) in [4.78, 5) is 21.1. The fourth-order valence-electron chi connectivity index (χ4n) is 2.31. The minimum Gasteiger partial charge on any atom is -0.479 e. The van der Waals surface area contributed by atoms with E-state index in [0.29, 0.717) is 19.5 Å². The van der Waals surface area contributed by atoms with E-state index in [-0.39, 0.29) is 47.8 Å². The number of likely N-dealkylation sites (N-methyl/N-ethyl adjacent to an activating group) is 1. The van der Waals surface area contributed by atoms with Gasteiger partial charge in [-0.05, 0) is 37.4 Å². The molecule has 0 unspecified atom stereocenters. The molecule has 1 aromatic rings. The van der Waals surface area contributed by atoms with Crippen LogP contribution in [0.2, 0.25) is 0 Å². The molecule has 0 atom stereocenters.